The molecule has 0 radical (unpaired) electrons. The zero-order valence-electron chi connectivity index (χ0n) is 16.3. The first kappa shape index (κ1) is 18.4. The molecular weight excluding hydrogens is 300 g/mol. The van der Waals surface area contributed by atoms with Crippen LogP contribution >= 0.6 is 0 Å². The number of Topliss-reactive ketones (excluding diaryl/α,β-unsaturated/α-hetero) is 1. The van der Waals surface area contributed by atoms with E-state index in [4.69, 9.17) is 9.47 Å². The van der Waals surface area contributed by atoms with Gasteiger partial charge in [-0.3, -0.25) is 4.79 Å². The molecule has 3 fully saturated rings. The molecule has 0 aromatic rings. The topological polar surface area (TPSA) is 35.5 Å². The molecule has 3 aliphatic rings. The molecular formula is C21H36O3. The Morgan fingerprint density at radius 3 is 2.62 bits per heavy atom. The summed E-state index contributed by atoms with van der Waals surface area (Å²) in [7, 11) is 0. The largest absolute Gasteiger partial charge is 0.348 e. The monoisotopic (exact) mass is 336 g/mol. The minimum Gasteiger partial charge on any atom is -0.348 e. The molecule has 1 saturated heterocycles. The summed E-state index contributed by atoms with van der Waals surface area (Å²) in [6.45, 7) is 11.7. The first-order chi connectivity index (χ1) is 11.2. The lowest BCUT2D eigenvalue weighted by molar-refractivity contribution is -0.158. The van der Waals surface area contributed by atoms with E-state index in [9.17, 15) is 4.79 Å². The van der Waals surface area contributed by atoms with Crippen LogP contribution in [0.5, 0.6) is 0 Å². The highest BCUT2D eigenvalue weighted by molar-refractivity contribution is 5.83. The summed E-state index contributed by atoms with van der Waals surface area (Å²) in [5.74, 6) is 1.88. The molecule has 0 bridgehead atoms. The van der Waals surface area contributed by atoms with Crippen molar-refractivity contribution in [1.29, 1.82) is 0 Å². The van der Waals surface area contributed by atoms with E-state index in [1.165, 1.54) is 25.7 Å². The molecule has 24 heavy (non-hydrogen) atoms. The van der Waals surface area contributed by atoms with Crippen LogP contribution in [0.15, 0.2) is 0 Å². The average molecular weight is 337 g/mol. The summed E-state index contributed by atoms with van der Waals surface area (Å²) in [6, 6.07) is 0. The van der Waals surface area contributed by atoms with Crippen LogP contribution in [0.25, 0.3) is 0 Å². The van der Waals surface area contributed by atoms with Crippen LogP contribution < -0.4 is 0 Å². The molecule has 5 atom stereocenters. The summed E-state index contributed by atoms with van der Waals surface area (Å²) in [5, 5.41) is 0. The van der Waals surface area contributed by atoms with E-state index in [1.54, 1.807) is 0 Å². The molecule has 0 aromatic carbocycles. The summed E-state index contributed by atoms with van der Waals surface area (Å²) in [6.07, 6.45) is 9.04. The first-order valence-electron chi connectivity index (χ1n) is 10.0. The lowest BCUT2D eigenvalue weighted by Gasteiger charge is -2.42. The van der Waals surface area contributed by atoms with E-state index in [0.717, 1.165) is 31.6 Å². The summed E-state index contributed by atoms with van der Waals surface area (Å²) >= 11 is 0. The lowest BCUT2D eigenvalue weighted by Crippen LogP contribution is -2.39. The lowest BCUT2D eigenvalue weighted by atomic mass is 9.62. The third-order valence-electron chi connectivity index (χ3n) is 7.21. The second kappa shape index (κ2) is 6.39. The summed E-state index contributed by atoms with van der Waals surface area (Å²) in [4.78, 5) is 12.3. The number of carbonyl (C=O) groups is 1. The predicted molar refractivity (Wildman–Crippen MR) is 95.7 cm³/mol. The fourth-order valence-corrected chi connectivity index (χ4v) is 6.01. The molecule has 0 aromatic heterocycles. The zero-order valence-corrected chi connectivity index (χ0v) is 16.3. The molecule has 3 rings (SSSR count). The maximum Gasteiger partial charge on any atom is 0.163 e. The fourth-order valence-electron chi connectivity index (χ4n) is 6.01. The van der Waals surface area contributed by atoms with Crippen LogP contribution in [0.3, 0.4) is 0 Å². The second-order valence-electron chi connectivity index (χ2n) is 9.67. The van der Waals surface area contributed by atoms with E-state index in [0.29, 0.717) is 24.2 Å². The highest BCUT2D eigenvalue weighted by Gasteiger charge is 2.52. The van der Waals surface area contributed by atoms with E-state index in [-0.39, 0.29) is 11.0 Å². The molecule has 0 spiro atoms. The Hall–Kier alpha value is -0.410. The Labute approximate surface area is 147 Å². The van der Waals surface area contributed by atoms with Gasteiger partial charge in [-0.1, -0.05) is 26.7 Å². The van der Waals surface area contributed by atoms with Crippen molar-refractivity contribution in [2.75, 3.05) is 6.61 Å². The third kappa shape index (κ3) is 3.44. The van der Waals surface area contributed by atoms with Gasteiger partial charge < -0.3 is 9.47 Å². The van der Waals surface area contributed by atoms with Gasteiger partial charge in [-0.05, 0) is 70.1 Å². The predicted octanol–water partition coefficient (Wildman–Crippen LogP) is 5.12. The number of ether oxygens (including phenoxy) is 2. The number of ketones is 1. The molecule has 2 aliphatic carbocycles. The first-order valence-corrected chi connectivity index (χ1v) is 10.0. The maximum absolute atomic E-state index is 12.3. The van der Waals surface area contributed by atoms with Gasteiger partial charge in [0.05, 0.1) is 12.2 Å². The standard InChI is InChI=1S/C21H36O3/c1-15(8-6-12-20(4)14-23-19(2,3)24-20)16-10-11-17-18(22)9-7-13-21(16,17)5/h15-17H,6-14H2,1-5H3/t15?,16-,17+,20+,21-/m1/s1. The van der Waals surface area contributed by atoms with Crippen molar-refractivity contribution in [2.45, 2.75) is 97.4 Å². The van der Waals surface area contributed by atoms with Crippen LogP contribution in [0, 0.1) is 23.2 Å². The highest BCUT2D eigenvalue weighted by atomic mass is 16.7. The Balaban J connectivity index is 1.52. The van der Waals surface area contributed by atoms with Gasteiger partial charge in [-0.15, -0.1) is 0 Å². The van der Waals surface area contributed by atoms with Crippen molar-refractivity contribution >= 4 is 5.78 Å². The minimum atomic E-state index is -0.436. The van der Waals surface area contributed by atoms with Crippen molar-refractivity contribution < 1.29 is 14.3 Å². The van der Waals surface area contributed by atoms with E-state index >= 15 is 0 Å². The number of hydrogen-bond acceptors (Lipinski definition) is 3. The Kier molecular flexibility index (Phi) is 4.90. The van der Waals surface area contributed by atoms with Gasteiger partial charge in [0.1, 0.15) is 5.78 Å². The zero-order chi connectivity index (χ0) is 17.6. The molecule has 138 valence electrons. The SMILES string of the molecule is CC(CCC[C@@]1(C)COC(C)(C)O1)[C@H]1CC[C@H]2C(=O)CCC[C@]12C. The molecule has 1 aliphatic heterocycles. The molecule has 1 heterocycles. The number of carbonyl (C=O) groups excluding carboxylic acids is 1. The fraction of sp³-hybridized carbons (Fsp3) is 0.952. The van der Waals surface area contributed by atoms with Crippen LogP contribution in [-0.4, -0.2) is 23.8 Å². The van der Waals surface area contributed by atoms with Crippen LogP contribution in [0.1, 0.15) is 86.0 Å². The quantitative estimate of drug-likeness (QED) is 0.699. The Morgan fingerprint density at radius 2 is 1.96 bits per heavy atom. The second-order valence-corrected chi connectivity index (χ2v) is 9.67. The van der Waals surface area contributed by atoms with E-state index < -0.39 is 5.79 Å². The highest BCUT2D eigenvalue weighted by Crippen LogP contribution is 2.57. The van der Waals surface area contributed by atoms with Crippen molar-refractivity contribution in [2.24, 2.45) is 23.2 Å². The maximum atomic E-state index is 12.3. The number of fused-ring (bicyclic) bond motifs is 1. The molecule has 0 amide bonds. The Morgan fingerprint density at radius 1 is 1.21 bits per heavy atom. The summed E-state index contributed by atoms with van der Waals surface area (Å²) < 4.78 is 11.8. The van der Waals surface area contributed by atoms with Crippen LogP contribution in [0.4, 0.5) is 0 Å². The van der Waals surface area contributed by atoms with Crippen LogP contribution in [0.2, 0.25) is 0 Å². The number of hydrogen-bond donors (Lipinski definition) is 0. The van der Waals surface area contributed by atoms with Gasteiger partial charge in [-0.25, -0.2) is 0 Å². The molecule has 3 nitrogen and oxygen atoms in total. The van der Waals surface area contributed by atoms with Gasteiger partial charge in [0.2, 0.25) is 0 Å². The van der Waals surface area contributed by atoms with Gasteiger partial charge >= 0.3 is 0 Å². The molecule has 1 unspecified atom stereocenters. The normalized spacial score (nSPS) is 43.0. The summed E-state index contributed by atoms with van der Waals surface area (Å²) in [5.41, 5.74) is 0.139. The van der Waals surface area contributed by atoms with Crippen molar-refractivity contribution in [3.8, 4) is 0 Å². The molecule has 3 heteroatoms. The smallest absolute Gasteiger partial charge is 0.163 e. The van der Waals surface area contributed by atoms with E-state index in [2.05, 4.69) is 20.8 Å². The van der Waals surface area contributed by atoms with Crippen molar-refractivity contribution in [3.05, 3.63) is 0 Å². The van der Waals surface area contributed by atoms with Crippen molar-refractivity contribution in [1.82, 2.24) is 0 Å². The molecule has 2 saturated carbocycles. The van der Waals surface area contributed by atoms with Crippen LogP contribution in [-0.2, 0) is 14.3 Å². The number of rotatable bonds is 5. The van der Waals surface area contributed by atoms with Gasteiger partial charge in [0, 0.05) is 12.3 Å². The average Bonchev–Trinajstić information content (AvgIpc) is 2.96. The molecule has 0 N–H and O–H groups in total. The van der Waals surface area contributed by atoms with Crippen molar-refractivity contribution in [3.63, 3.8) is 0 Å². The third-order valence-corrected chi connectivity index (χ3v) is 7.21. The van der Waals surface area contributed by atoms with Gasteiger partial charge in [-0.2, -0.15) is 0 Å². The Bertz CT molecular complexity index is 485. The minimum absolute atomic E-state index is 0.133. The van der Waals surface area contributed by atoms with Gasteiger partial charge in [0.25, 0.3) is 0 Å². The van der Waals surface area contributed by atoms with E-state index in [1.807, 2.05) is 13.8 Å². The van der Waals surface area contributed by atoms with Gasteiger partial charge in [0.15, 0.2) is 5.79 Å².